The van der Waals surface area contributed by atoms with E-state index in [1.807, 2.05) is 18.3 Å². The maximum absolute atomic E-state index is 4.32. The fraction of sp³-hybridized carbons (Fsp3) is 0.588. The van der Waals surface area contributed by atoms with Crippen LogP contribution in [-0.2, 0) is 0 Å². The van der Waals surface area contributed by atoms with Gasteiger partial charge in [-0.05, 0) is 30.5 Å². The molecule has 2 atom stereocenters. The van der Waals surface area contributed by atoms with E-state index < -0.39 is 0 Å². The van der Waals surface area contributed by atoms with Crippen molar-refractivity contribution < 1.29 is 0 Å². The molecule has 2 unspecified atom stereocenters. The molecule has 0 bridgehead atoms. The molecule has 0 N–H and O–H groups in total. The molecular formula is C17H27N3. The third-order valence-electron chi connectivity index (χ3n) is 4.27. The van der Waals surface area contributed by atoms with E-state index >= 15 is 0 Å². The highest BCUT2D eigenvalue weighted by atomic mass is 15.4. The van der Waals surface area contributed by atoms with Crippen molar-refractivity contribution in [3.05, 3.63) is 29.8 Å². The smallest absolute Gasteiger partial charge is 0.0476 e. The molecule has 1 aromatic rings. The standard InChI is InChI=1S/C17H27N3/c1-5-7-16(6-2)20(4)17-10-8-14(9-11-17)15-12-18-19(3)13-15/h8-12,15-16H,5-7,13H2,1-4H3. The highest BCUT2D eigenvalue weighted by molar-refractivity contribution is 5.70. The first-order valence-corrected chi connectivity index (χ1v) is 7.73. The van der Waals surface area contributed by atoms with E-state index in [9.17, 15) is 0 Å². The van der Waals surface area contributed by atoms with Gasteiger partial charge in [0, 0.05) is 44.5 Å². The Morgan fingerprint density at radius 3 is 2.50 bits per heavy atom. The zero-order valence-electron chi connectivity index (χ0n) is 13.2. The Labute approximate surface area is 123 Å². The largest absolute Gasteiger partial charge is 0.372 e. The fourth-order valence-electron chi connectivity index (χ4n) is 2.94. The van der Waals surface area contributed by atoms with Crippen molar-refractivity contribution in [2.45, 2.75) is 45.1 Å². The minimum Gasteiger partial charge on any atom is -0.372 e. The predicted molar refractivity (Wildman–Crippen MR) is 87.7 cm³/mol. The van der Waals surface area contributed by atoms with Gasteiger partial charge in [0.25, 0.3) is 0 Å². The second-order valence-electron chi connectivity index (χ2n) is 5.76. The summed E-state index contributed by atoms with van der Waals surface area (Å²) in [6, 6.07) is 9.64. The van der Waals surface area contributed by atoms with Crippen LogP contribution in [0.5, 0.6) is 0 Å². The number of hydrogen-bond acceptors (Lipinski definition) is 3. The van der Waals surface area contributed by atoms with Crippen molar-refractivity contribution in [1.82, 2.24) is 5.01 Å². The van der Waals surface area contributed by atoms with Gasteiger partial charge in [-0.15, -0.1) is 0 Å². The third kappa shape index (κ3) is 3.33. The minimum absolute atomic E-state index is 0.442. The van der Waals surface area contributed by atoms with Crippen LogP contribution in [0, 0.1) is 0 Å². The molecule has 0 amide bonds. The molecular weight excluding hydrogens is 246 g/mol. The SMILES string of the molecule is CCCC(CC)N(C)c1ccc(C2C=NN(C)C2)cc1. The summed E-state index contributed by atoms with van der Waals surface area (Å²) in [5.74, 6) is 0.442. The quantitative estimate of drug-likeness (QED) is 0.786. The predicted octanol–water partition coefficient (Wildman–Crippen LogP) is 3.72. The van der Waals surface area contributed by atoms with Gasteiger partial charge in [0.05, 0.1) is 0 Å². The Morgan fingerprint density at radius 2 is 2.00 bits per heavy atom. The van der Waals surface area contributed by atoms with Crippen LogP contribution in [0.3, 0.4) is 0 Å². The van der Waals surface area contributed by atoms with Gasteiger partial charge in [-0.25, -0.2) is 0 Å². The van der Waals surface area contributed by atoms with E-state index in [4.69, 9.17) is 0 Å². The van der Waals surface area contributed by atoms with Crippen molar-refractivity contribution in [1.29, 1.82) is 0 Å². The number of anilines is 1. The van der Waals surface area contributed by atoms with E-state index in [1.165, 1.54) is 30.5 Å². The fourth-order valence-corrected chi connectivity index (χ4v) is 2.94. The van der Waals surface area contributed by atoms with E-state index in [2.05, 4.69) is 55.2 Å². The molecule has 1 aliphatic rings. The molecule has 20 heavy (non-hydrogen) atoms. The van der Waals surface area contributed by atoms with Gasteiger partial charge < -0.3 is 4.90 Å². The molecule has 0 spiro atoms. The van der Waals surface area contributed by atoms with E-state index in [0.717, 1.165) is 6.54 Å². The number of likely N-dealkylation sites (N-methyl/N-ethyl adjacent to an activating group) is 1. The Bertz CT molecular complexity index is 438. The van der Waals surface area contributed by atoms with Gasteiger partial charge in [-0.3, -0.25) is 5.01 Å². The van der Waals surface area contributed by atoms with Crippen LogP contribution in [0.4, 0.5) is 5.69 Å². The lowest BCUT2D eigenvalue weighted by Crippen LogP contribution is -2.30. The van der Waals surface area contributed by atoms with Crippen LogP contribution < -0.4 is 4.90 Å². The number of nitrogens with zero attached hydrogens (tertiary/aromatic N) is 3. The molecule has 0 aromatic heterocycles. The van der Waals surface area contributed by atoms with Crippen LogP contribution >= 0.6 is 0 Å². The lowest BCUT2D eigenvalue weighted by molar-refractivity contribution is 0.381. The summed E-state index contributed by atoms with van der Waals surface area (Å²) in [6.07, 6.45) is 5.75. The normalized spacial score (nSPS) is 19.4. The van der Waals surface area contributed by atoms with Crippen LogP contribution in [0.15, 0.2) is 29.4 Å². The summed E-state index contributed by atoms with van der Waals surface area (Å²) in [6.45, 7) is 5.52. The zero-order valence-corrected chi connectivity index (χ0v) is 13.2. The number of hydrazone groups is 1. The number of benzene rings is 1. The Morgan fingerprint density at radius 1 is 1.30 bits per heavy atom. The Balaban J connectivity index is 2.05. The van der Waals surface area contributed by atoms with Gasteiger partial charge in [0.1, 0.15) is 0 Å². The Hall–Kier alpha value is -1.51. The van der Waals surface area contributed by atoms with E-state index in [1.54, 1.807) is 0 Å². The Kier molecular flexibility index (Phi) is 5.05. The maximum atomic E-state index is 4.32. The second kappa shape index (κ2) is 6.78. The van der Waals surface area contributed by atoms with Crippen LogP contribution in [0.2, 0.25) is 0 Å². The van der Waals surface area contributed by atoms with Gasteiger partial charge in [0.15, 0.2) is 0 Å². The molecule has 0 saturated heterocycles. The molecule has 1 aromatic carbocycles. The third-order valence-corrected chi connectivity index (χ3v) is 4.27. The average molecular weight is 273 g/mol. The van der Waals surface area contributed by atoms with Crippen LogP contribution in [0.25, 0.3) is 0 Å². The van der Waals surface area contributed by atoms with Gasteiger partial charge in [-0.1, -0.05) is 32.4 Å². The molecule has 0 saturated carbocycles. The summed E-state index contributed by atoms with van der Waals surface area (Å²) >= 11 is 0. The second-order valence-corrected chi connectivity index (χ2v) is 5.76. The lowest BCUT2D eigenvalue weighted by Gasteiger charge is -2.29. The molecule has 3 heteroatoms. The summed E-state index contributed by atoms with van der Waals surface area (Å²) in [5.41, 5.74) is 2.68. The molecule has 1 aliphatic heterocycles. The lowest BCUT2D eigenvalue weighted by atomic mass is 10.00. The summed E-state index contributed by atoms with van der Waals surface area (Å²) in [4.78, 5) is 2.42. The molecule has 0 aliphatic carbocycles. The molecule has 0 fully saturated rings. The molecule has 0 radical (unpaired) electrons. The maximum Gasteiger partial charge on any atom is 0.0476 e. The first kappa shape index (κ1) is 14.9. The zero-order chi connectivity index (χ0) is 14.5. The van der Waals surface area contributed by atoms with Gasteiger partial charge in [-0.2, -0.15) is 5.10 Å². The van der Waals surface area contributed by atoms with Gasteiger partial charge >= 0.3 is 0 Å². The first-order valence-electron chi connectivity index (χ1n) is 7.73. The topological polar surface area (TPSA) is 18.8 Å². The van der Waals surface area contributed by atoms with E-state index in [-0.39, 0.29) is 0 Å². The van der Waals surface area contributed by atoms with Crippen molar-refractivity contribution in [2.75, 3.05) is 25.5 Å². The highest BCUT2D eigenvalue weighted by Gasteiger charge is 2.17. The first-order chi connectivity index (χ1) is 9.65. The number of rotatable bonds is 6. The van der Waals surface area contributed by atoms with Crippen molar-refractivity contribution in [2.24, 2.45) is 5.10 Å². The summed E-state index contributed by atoms with van der Waals surface area (Å²) in [5, 5.41) is 6.31. The van der Waals surface area contributed by atoms with Gasteiger partial charge in [0.2, 0.25) is 0 Å². The van der Waals surface area contributed by atoms with E-state index in [0.29, 0.717) is 12.0 Å². The summed E-state index contributed by atoms with van der Waals surface area (Å²) < 4.78 is 0. The number of hydrogen-bond donors (Lipinski definition) is 0. The molecule has 2 rings (SSSR count). The highest BCUT2D eigenvalue weighted by Crippen LogP contribution is 2.24. The van der Waals surface area contributed by atoms with Crippen molar-refractivity contribution in [3.8, 4) is 0 Å². The van der Waals surface area contributed by atoms with Crippen molar-refractivity contribution >= 4 is 11.9 Å². The molecule has 1 heterocycles. The average Bonchev–Trinajstić information content (AvgIpc) is 2.91. The molecule has 110 valence electrons. The molecule has 3 nitrogen and oxygen atoms in total. The minimum atomic E-state index is 0.442. The van der Waals surface area contributed by atoms with Crippen LogP contribution in [0.1, 0.15) is 44.6 Å². The monoisotopic (exact) mass is 273 g/mol. The van der Waals surface area contributed by atoms with Crippen molar-refractivity contribution in [3.63, 3.8) is 0 Å². The van der Waals surface area contributed by atoms with Crippen LogP contribution in [-0.4, -0.2) is 37.9 Å². The summed E-state index contributed by atoms with van der Waals surface area (Å²) in [7, 11) is 4.23.